The van der Waals surface area contributed by atoms with E-state index in [1.165, 1.54) is 29.4 Å². The highest BCUT2D eigenvalue weighted by atomic mass is 32.1. The van der Waals surface area contributed by atoms with Gasteiger partial charge < -0.3 is 19.3 Å². The lowest BCUT2D eigenvalue weighted by Gasteiger charge is -2.14. The van der Waals surface area contributed by atoms with E-state index in [2.05, 4.69) is 4.99 Å². The number of carbonyl (C=O) groups is 1. The van der Waals surface area contributed by atoms with Crippen LogP contribution in [-0.2, 0) is 4.79 Å². The lowest BCUT2D eigenvalue weighted by molar-refractivity contribution is -0.113. The minimum Gasteiger partial charge on any atom is -0.504 e. The van der Waals surface area contributed by atoms with Crippen LogP contribution in [0.2, 0.25) is 0 Å². The van der Waals surface area contributed by atoms with Crippen molar-refractivity contribution in [2.45, 2.75) is 0 Å². The van der Waals surface area contributed by atoms with E-state index < -0.39 is 0 Å². The van der Waals surface area contributed by atoms with Crippen LogP contribution < -0.4 is 19.1 Å². The molecule has 3 aromatic carbocycles. The van der Waals surface area contributed by atoms with Gasteiger partial charge in [0.25, 0.3) is 5.91 Å². The second-order valence-electron chi connectivity index (χ2n) is 7.55. The van der Waals surface area contributed by atoms with Crippen molar-refractivity contribution < 1.29 is 24.1 Å². The summed E-state index contributed by atoms with van der Waals surface area (Å²) >= 11 is 1.32. The Morgan fingerprint density at radius 3 is 2.34 bits per heavy atom. The number of carbonyl (C=O) groups excluding carboxylic acids is 1. The average molecular weight is 488 g/mol. The number of hydrogen-bond donors (Lipinski definition) is 1. The second kappa shape index (κ2) is 9.11. The third kappa shape index (κ3) is 3.95. The molecular weight excluding hydrogens is 466 g/mol. The van der Waals surface area contributed by atoms with Crippen LogP contribution in [0.1, 0.15) is 11.1 Å². The predicted molar refractivity (Wildman–Crippen MR) is 136 cm³/mol. The van der Waals surface area contributed by atoms with E-state index in [1.54, 1.807) is 38.5 Å². The number of methoxy groups -OCH3 is 3. The SMILES string of the molecule is COc1cc(/C=C2\N=C(c3ccccc3)N(c3nc4c(OC)ccc(OC)c4s3)C2=O)ccc1O. The Bertz CT molecular complexity index is 1450. The van der Waals surface area contributed by atoms with Crippen molar-refractivity contribution in [1.82, 2.24) is 4.98 Å². The summed E-state index contributed by atoms with van der Waals surface area (Å²) in [7, 11) is 4.63. The Labute approximate surface area is 205 Å². The van der Waals surface area contributed by atoms with Crippen molar-refractivity contribution in [3.8, 4) is 23.0 Å². The molecule has 0 bridgehead atoms. The molecule has 176 valence electrons. The summed E-state index contributed by atoms with van der Waals surface area (Å²) in [6, 6.07) is 17.9. The molecule has 0 radical (unpaired) electrons. The molecule has 0 fully saturated rings. The maximum Gasteiger partial charge on any atom is 0.284 e. The molecule has 0 atom stereocenters. The molecule has 1 amide bonds. The standard InChI is InChI=1S/C26H21N3O5S/c1-32-19-11-12-20(33-2)23-22(19)28-26(35-23)29-24(16-7-5-4-6-8-16)27-17(25(29)31)13-15-9-10-18(30)21(14-15)34-3/h4-14,30H,1-3H3/b17-13-. The van der Waals surface area contributed by atoms with Crippen molar-refractivity contribution >= 4 is 44.5 Å². The number of thiazole rings is 1. The number of phenolic OH excluding ortho intramolecular Hbond substituents is 1. The molecule has 0 saturated heterocycles. The molecule has 0 unspecified atom stereocenters. The maximum atomic E-state index is 13.7. The van der Waals surface area contributed by atoms with Crippen LogP contribution in [0.3, 0.4) is 0 Å². The molecule has 4 aromatic rings. The number of benzene rings is 3. The number of hydrogen-bond acceptors (Lipinski definition) is 8. The predicted octanol–water partition coefficient (Wildman–Crippen LogP) is 4.86. The van der Waals surface area contributed by atoms with Gasteiger partial charge in [-0.1, -0.05) is 47.7 Å². The summed E-state index contributed by atoms with van der Waals surface area (Å²) in [5.41, 5.74) is 2.27. The first-order valence-corrected chi connectivity index (χ1v) is 11.4. The van der Waals surface area contributed by atoms with Gasteiger partial charge in [-0.2, -0.15) is 0 Å². The van der Waals surface area contributed by atoms with Crippen LogP contribution in [0.15, 0.2) is 71.4 Å². The van der Waals surface area contributed by atoms with E-state index in [9.17, 15) is 9.90 Å². The molecule has 2 heterocycles. The quantitative estimate of drug-likeness (QED) is 0.391. The number of rotatable bonds is 6. The molecule has 9 heteroatoms. The van der Waals surface area contributed by atoms with E-state index >= 15 is 0 Å². The van der Waals surface area contributed by atoms with Crippen molar-refractivity contribution in [1.29, 1.82) is 0 Å². The molecule has 0 saturated carbocycles. The Morgan fingerprint density at radius 2 is 1.63 bits per heavy atom. The molecule has 1 aliphatic rings. The second-order valence-corrected chi connectivity index (χ2v) is 8.52. The number of anilines is 1. The zero-order chi connectivity index (χ0) is 24.5. The molecule has 1 N–H and O–H groups in total. The Kier molecular flexibility index (Phi) is 5.84. The van der Waals surface area contributed by atoms with Gasteiger partial charge in [-0.3, -0.25) is 4.79 Å². The zero-order valence-electron chi connectivity index (χ0n) is 19.2. The zero-order valence-corrected chi connectivity index (χ0v) is 20.0. The highest BCUT2D eigenvalue weighted by Gasteiger charge is 2.35. The van der Waals surface area contributed by atoms with Crippen molar-refractivity contribution in [2.24, 2.45) is 4.99 Å². The number of nitrogens with zero attached hydrogens (tertiary/aromatic N) is 3. The maximum absolute atomic E-state index is 13.7. The molecule has 0 aliphatic carbocycles. The number of aromatic nitrogens is 1. The number of fused-ring (bicyclic) bond motifs is 1. The minimum absolute atomic E-state index is 0.0138. The van der Waals surface area contributed by atoms with Gasteiger partial charge in [0.05, 0.1) is 21.3 Å². The number of aromatic hydroxyl groups is 1. The molecule has 8 nitrogen and oxygen atoms in total. The van der Waals surface area contributed by atoms with E-state index in [0.29, 0.717) is 39.3 Å². The van der Waals surface area contributed by atoms with E-state index in [1.807, 2.05) is 36.4 Å². The summed E-state index contributed by atoms with van der Waals surface area (Å²) in [5, 5.41) is 10.4. The fourth-order valence-corrected chi connectivity index (χ4v) is 4.86. The van der Waals surface area contributed by atoms with Crippen LogP contribution in [0.25, 0.3) is 16.3 Å². The van der Waals surface area contributed by atoms with Gasteiger partial charge in [0.1, 0.15) is 33.2 Å². The minimum atomic E-state index is -0.326. The number of aliphatic imine (C=N–C) groups is 1. The van der Waals surface area contributed by atoms with E-state index in [-0.39, 0.29) is 17.4 Å². The van der Waals surface area contributed by atoms with Crippen LogP contribution in [0.5, 0.6) is 23.0 Å². The summed E-state index contributed by atoms with van der Waals surface area (Å²) in [6.07, 6.45) is 1.65. The number of ether oxygens (including phenoxy) is 3. The van der Waals surface area contributed by atoms with E-state index in [4.69, 9.17) is 19.2 Å². The van der Waals surface area contributed by atoms with Gasteiger partial charge in [0.2, 0.25) is 0 Å². The first-order valence-electron chi connectivity index (χ1n) is 10.6. The fourth-order valence-electron chi connectivity index (χ4n) is 3.79. The summed E-state index contributed by atoms with van der Waals surface area (Å²) < 4.78 is 17.0. The van der Waals surface area contributed by atoms with Crippen LogP contribution >= 0.6 is 11.3 Å². The lowest BCUT2D eigenvalue weighted by Crippen LogP contribution is -2.32. The van der Waals surface area contributed by atoms with Gasteiger partial charge in [0.15, 0.2) is 16.6 Å². The highest BCUT2D eigenvalue weighted by molar-refractivity contribution is 7.23. The van der Waals surface area contributed by atoms with E-state index in [0.717, 1.165) is 10.3 Å². The topological polar surface area (TPSA) is 93.5 Å². The number of amidine groups is 1. The van der Waals surface area contributed by atoms with Crippen LogP contribution in [0.4, 0.5) is 5.13 Å². The highest BCUT2D eigenvalue weighted by Crippen LogP contribution is 2.42. The van der Waals surface area contributed by atoms with Crippen molar-refractivity contribution in [3.05, 3.63) is 77.5 Å². The smallest absolute Gasteiger partial charge is 0.284 e. The van der Waals surface area contributed by atoms with Crippen molar-refractivity contribution in [3.63, 3.8) is 0 Å². The molecular formula is C26H21N3O5S. The summed E-state index contributed by atoms with van der Waals surface area (Å²) in [6.45, 7) is 0. The normalized spacial score (nSPS) is 14.5. The fraction of sp³-hybridized carbons (Fsp3) is 0.115. The van der Waals surface area contributed by atoms with Crippen LogP contribution in [0, 0.1) is 0 Å². The summed E-state index contributed by atoms with van der Waals surface area (Å²) in [4.78, 5) is 24.6. The monoisotopic (exact) mass is 487 g/mol. The van der Waals surface area contributed by atoms with Gasteiger partial charge in [-0.25, -0.2) is 14.9 Å². The van der Waals surface area contributed by atoms with Crippen LogP contribution in [-0.4, -0.2) is 43.2 Å². The number of amides is 1. The lowest BCUT2D eigenvalue weighted by atomic mass is 10.1. The molecule has 1 aliphatic heterocycles. The third-order valence-electron chi connectivity index (χ3n) is 5.49. The first kappa shape index (κ1) is 22.4. The van der Waals surface area contributed by atoms with Gasteiger partial charge >= 0.3 is 0 Å². The Hall–Kier alpha value is -4.37. The van der Waals surface area contributed by atoms with Gasteiger partial charge in [-0.05, 0) is 35.9 Å². The molecule has 1 aromatic heterocycles. The first-order chi connectivity index (χ1) is 17.0. The Morgan fingerprint density at radius 1 is 0.914 bits per heavy atom. The molecule has 0 spiro atoms. The van der Waals surface area contributed by atoms with Gasteiger partial charge in [-0.15, -0.1) is 0 Å². The average Bonchev–Trinajstić information content (AvgIpc) is 3.46. The van der Waals surface area contributed by atoms with Crippen molar-refractivity contribution in [2.75, 3.05) is 26.2 Å². The number of phenols is 1. The molecule has 35 heavy (non-hydrogen) atoms. The Balaban J connectivity index is 1.66. The summed E-state index contributed by atoms with van der Waals surface area (Å²) in [5.74, 6) is 1.68. The third-order valence-corrected chi connectivity index (χ3v) is 6.54. The molecule has 5 rings (SSSR count). The van der Waals surface area contributed by atoms with Gasteiger partial charge in [0, 0.05) is 5.56 Å². The largest absolute Gasteiger partial charge is 0.504 e.